The monoisotopic (exact) mass is 416 g/mol. The van der Waals surface area contributed by atoms with Gasteiger partial charge in [0.1, 0.15) is 6.61 Å². The number of carbonyl (C=O) groups is 2. The molecule has 2 aromatic carbocycles. The number of hydrazone groups is 1. The lowest BCUT2D eigenvalue weighted by atomic mass is 9.85. The summed E-state index contributed by atoms with van der Waals surface area (Å²) in [4.78, 5) is 25.5. The molecule has 158 valence electrons. The summed E-state index contributed by atoms with van der Waals surface area (Å²) in [6, 6.07) is 13.6. The first-order valence-electron chi connectivity index (χ1n) is 10.5. The molecule has 3 aliphatic rings. The summed E-state index contributed by atoms with van der Waals surface area (Å²) < 4.78 is 11.4. The number of methoxy groups -OCH3 is 1. The van der Waals surface area contributed by atoms with Gasteiger partial charge in [0, 0.05) is 0 Å². The summed E-state index contributed by atoms with van der Waals surface area (Å²) in [5, 5.41) is 5.28. The van der Waals surface area contributed by atoms with Crippen LogP contribution in [0.1, 0.15) is 23.1 Å². The molecule has 2 fully saturated rings. The number of rotatable bonds is 6. The quantitative estimate of drug-likeness (QED) is 0.409. The van der Waals surface area contributed by atoms with Crippen LogP contribution in [0.5, 0.6) is 11.5 Å². The van der Waals surface area contributed by atoms with Crippen LogP contribution in [0.15, 0.2) is 59.7 Å². The van der Waals surface area contributed by atoms with Crippen LogP contribution in [0.2, 0.25) is 0 Å². The predicted octanol–water partition coefficient (Wildman–Crippen LogP) is 3.72. The second kappa shape index (κ2) is 7.69. The smallest absolute Gasteiger partial charge is 0.254 e. The standard InChI is InChI=1S/C25H24N2O4/c1-15-4-3-5-17(10-15)14-31-20-9-6-16(11-21(20)30-2)13-26-27-24(28)22-18-7-8-19(12-18)23(22)25(27)29/h3-11,13,18-19,22-23H,12,14H2,1-2H3. The lowest BCUT2D eigenvalue weighted by Gasteiger charge is -2.13. The van der Waals surface area contributed by atoms with Crippen LogP contribution in [0.25, 0.3) is 0 Å². The second-order valence-electron chi connectivity index (χ2n) is 8.42. The molecule has 1 saturated carbocycles. The van der Waals surface area contributed by atoms with E-state index in [1.165, 1.54) is 11.8 Å². The molecule has 0 N–H and O–H groups in total. The van der Waals surface area contributed by atoms with Crippen molar-refractivity contribution in [2.24, 2.45) is 28.8 Å². The Morgan fingerprint density at radius 2 is 1.77 bits per heavy atom. The number of hydrogen-bond acceptors (Lipinski definition) is 5. The highest BCUT2D eigenvalue weighted by Gasteiger charge is 2.59. The molecule has 0 radical (unpaired) electrons. The molecule has 0 aromatic heterocycles. The molecule has 4 unspecified atom stereocenters. The van der Waals surface area contributed by atoms with Crippen molar-refractivity contribution < 1.29 is 19.1 Å². The number of benzene rings is 2. The molecule has 1 aliphatic heterocycles. The third-order valence-electron chi connectivity index (χ3n) is 6.43. The minimum Gasteiger partial charge on any atom is -0.493 e. The van der Waals surface area contributed by atoms with Crippen molar-refractivity contribution in [2.45, 2.75) is 20.0 Å². The van der Waals surface area contributed by atoms with Gasteiger partial charge in [-0.25, -0.2) is 0 Å². The molecule has 4 atom stereocenters. The van der Waals surface area contributed by atoms with E-state index in [1.54, 1.807) is 13.2 Å². The maximum absolute atomic E-state index is 12.7. The van der Waals surface area contributed by atoms with Gasteiger partial charge >= 0.3 is 0 Å². The number of amides is 2. The van der Waals surface area contributed by atoms with Crippen molar-refractivity contribution in [3.05, 3.63) is 71.3 Å². The van der Waals surface area contributed by atoms with E-state index in [9.17, 15) is 9.59 Å². The topological polar surface area (TPSA) is 68.2 Å². The molecule has 1 heterocycles. The molecule has 31 heavy (non-hydrogen) atoms. The number of imide groups is 1. The summed E-state index contributed by atoms with van der Waals surface area (Å²) in [5.41, 5.74) is 2.98. The number of nitrogens with zero attached hydrogens (tertiary/aromatic N) is 2. The average Bonchev–Trinajstić information content (AvgIpc) is 3.45. The molecule has 6 heteroatoms. The second-order valence-corrected chi connectivity index (χ2v) is 8.42. The number of hydrogen-bond donors (Lipinski definition) is 0. The lowest BCUT2D eigenvalue weighted by Crippen LogP contribution is -2.28. The summed E-state index contributed by atoms with van der Waals surface area (Å²) in [7, 11) is 1.58. The highest BCUT2D eigenvalue weighted by molar-refractivity contribution is 6.06. The fourth-order valence-electron chi connectivity index (χ4n) is 4.97. The maximum atomic E-state index is 12.7. The first-order chi connectivity index (χ1) is 15.0. The summed E-state index contributed by atoms with van der Waals surface area (Å²) in [6.07, 6.45) is 6.58. The van der Waals surface area contributed by atoms with Crippen LogP contribution in [0, 0.1) is 30.6 Å². The fraction of sp³-hybridized carbons (Fsp3) is 0.320. The van der Waals surface area contributed by atoms with Crippen molar-refractivity contribution >= 4 is 18.0 Å². The van der Waals surface area contributed by atoms with Gasteiger partial charge in [0.25, 0.3) is 11.8 Å². The van der Waals surface area contributed by atoms with Crippen LogP contribution in [-0.2, 0) is 16.2 Å². The third-order valence-corrected chi connectivity index (χ3v) is 6.43. The van der Waals surface area contributed by atoms with Gasteiger partial charge in [-0.05, 0) is 54.5 Å². The van der Waals surface area contributed by atoms with E-state index in [4.69, 9.17) is 9.47 Å². The first-order valence-corrected chi connectivity index (χ1v) is 10.5. The van der Waals surface area contributed by atoms with E-state index < -0.39 is 0 Å². The van der Waals surface area contributed by atoms with Gasteiger partial charge in [-0.2, -0.15) is 10.1 Å². The Morgan fingerprint density at radius 3 is 2.45 bits per heavy atom. The third kappa shape index (κ3) is 3.42. The van der Waals surface area contributed by atoms with Gasteiger partial charge in [0.2, 0.25) is 0 Å². The SMILES string of the molecule is COc1cc(C=NN2C(=O)C3C4C=CC(C4)C3C2=O)ccc1OCc1cccc(C)c1. The van der Waals surface area contributed by atoms with Crippen LogP contribution in [0.4, 0.5) is 0 Å². The van der Waals surface area contributed by atoms with Crippen molar-refractivity contribution in [1.82, 2.24) is 5.01 Å². The lowest BCUT2D eigenvalue weighted by molar-refractivity contribution is -0.140. The molecule has 2 bridgehead atoms. The Kier molecular flexibility index (Phi) is 4.85. The molecule has 6 nitrogen and oxygen atoms in total. The summed E-state index contributed by atoms with van der Waals surface area (Å²) >= 11 is 0. The molecule has 5 rings (SSSR count). The van der Waals surface area contributed by atoms with Crippen molar-refractivity contribution in [1.29, 1.82) is 0 Å². The predicted molar refractivity (Wildman–Crippen MR) is 116 cm³/mol. The van der Waals surface area contributed by atoms with E-state index in [0.717, 1.165) is 22.6 Å². The summed E-state index contributed by atoms with van der Waals surface area (Å²) in [6.45, 7) is 2.48. The fourth-order valence-corrected chi connectivity index (χ4v) is 4.97. The molecule has 1 saturated heterocycles. The molecular formula is C25H24N2O4. The maximum Gasteiger partial charge on any atom is 0.254 e. The van der Waals surface area contributed by atoms with Gasteiger partial charge in [-0.15, -0.1) is 0 Å². The Balaban J connectivity index is 1.29. The largest absolute Gasteiger partial charge is 0.493 e. The number of allylic oxidation sites excluding steroid dienone is 2. The van der Waals surface area contributed by atoms with E-state index in [2.05, 4.69) is 23.3 Å². The van der Waals surface area contributed by atoms with Gasteiger partial charge in [0.05, 0.1) is 25.2 Å². The van der Waals surface area contributed by atoms with Gasteiger partial charge in [-0.1, -0.05) is 42.0 Å². The first kappa shape index (κ1) is 19.5. The number of fused-ring (bicyclic) bond motifs is 5. The normalized spacial score (nSPS) is 26.2. The van der Waals surface area contributed by atoms with Crippen LogP contribution in [0.3, 0.4) is 0 Å². The molecule has 2 aromatic rings. The highest BCUT2D eigenvalue weighted by Crippen LogP contribution is 2.52. The van der Waals surface area contributed by atoms with Gasteiger partial charge < -0.3 is 9.47 Å². The molecular weight excluding hydrogens is 392 g/mol. The van der Waals surface area contributed by atoms with E-state index >= 15 is 0 Å². The zero-order valence-electron chi connectivity index (χ0n) is 17.5. The van der Waals surface area contributed by atoms with Gasteiger partial charge in [-0.3, -0.25) is 9.59 Å². The Labute approximate surface area is 181 Å². The molecule has 2 amide bonds. The highest BCUT2D eigenvalue weighted by atomic mass is 16.5. The average molecular weight is 416 g/mol. The van der Waals surface area contributed by atoms with Crippen LogP contribution < -0.4 is 9.47 Å². The Hall–Kier alpha value is -3.41. The Bertz CT molecular complexity index is 1080. The Morgan fingerprint density at radius 1 is 1.03 bits per heavy atom. The van der Waals surface area contributed by atoms with E-state index in [-0.39, 0.29) is 35.5 Å². The minimum absolute atomic E-state index is 0.177. The summed E-state index contributed by atoms with van der Waals surface area (Å²) in [5.74, 6) is 0.675. The minimum atomic E-state index is -0.244. The number of aryl methyl sites for hydroxylation is 1. The van der Waals surface area contributed by atoms with Gasteiger partial charge in [0.15, 0.2) is 11.5 Å². The number of carbonyl (C=O) groups excluding carboxylic acids is 2. The van der Waals surface area contributed by atoms with Crippen LogP contribution in [-0.4, -0.2) is 30.1 Å². The van der Waals surface area contributed by atoms with Crippen molar-refractivity contribution in [3.8, 4) is 11.5 Å². The van der Waals surface area contributed by atoms with Crippen molar-refractivity contribution in [3.63, 3.8) is 0 Å². The zero-order chi connectivity index (χ0) is 21.5. The molecule has 2 aliphatic carbocycles. The zero-order valence-corrected chi connectivity index (χ0v) is 17.5. The van der Waals surface area contributed by atoms with Crippen LogP contribution >= 0.6 is 0 Å². The van der Waals surface area contributed by atoms with Crippen molar-refractivity contribution in [2.75, 3.05) is 7.11 Å². The van der Waals surface area contributed by atoms with E-state index in [0.29, 0.717) is 18.1 Å². The van der Waals surface area contributed by atoms with E-state index in [1.807, 2.05) is 37.3 Å². The molecule has 0 spiro atoms. The number of ether oxygens (including phenoxy) is 2.